The predicted molar refractivity (Wildman–Crippen MR) is 68.1 cm³/mol. The molecule has 2 N–H and O–H groups in total. The molecule has 0 aromatic carbocycles. The molecule has 1 unspecified atom stereocenters. The molecule has 98 valence electrons. The summed E-state index contributed by atoms with van der Waals surface area (Å²) in [5, 5.41) is 4.01. The highest BCUT2D eigenvalue weighted by Gasteiger charge is 2.32. The molecule has 1 aliphatic heterocycles. The lowest BCUT2D eigenvalue weighted by molar-refractivity contribution is 0.201. The maximum atomic E-state index is 6.05. The molecule has 1 aliphatic rings. The molecular weight excluding hydrogens is 240 g/mol. The summed E-state index contributed by atoms with van der Waals surface area (Å²) in [5.41, 5.74) is 5.88. The molecule has 1 atom stereocenters. The molecule has 2 heterocycles. The Bertz CT molecular complexity index is 361. The van der Waals surface area contributed by atoms with Gasteiger partial charge in [-0.3, -0.25) is 4.90 Å². The number of aryl methyl sites for hydroxylation is 1. The molecule has 6 heteroatoms. The van der Waals surface area contributed by atoms with Gasteiger partial charge in [0.2, 0.25) is 5.89 Å². The molecule has 0 amide bonds. The van der Waals surface area contributed by atoms with E-state index in [9.17, 15) is 0 Å². The standard InChI is InChI=1S/C11H20N4O.ClH/c1-8-13-10(14-16-8)9-5-4-6-15(9)7-11(2,3)12;/h9H,4-7,12H2,1-3H3;1H. The van der Waals surface area contributed by atoms with Crippen molar-refractivity contribution < 1.29 is 4.52 Å². The minimum absolute atomic E-state index is 0. The van der Waals surface area contributed by atoms with E-state index in [0.717, 1.165) is 25.3 Å². The molecule has 0 spiro atoms. The van der Waals surface area contributed by atoms with Crippen LogP contribution in [0.1, 0.15) is 44.4 Å². The lowest BCUT2D eigenvalue weighted by Gasteiger charge is -2.29. The van der Waals surface area contributed by atoms with Crippen molar-refractivity contribution in [2.75, 3.05) is 13.1 Å². The molecule has 1 saturated heterocycles. The number of aromatic nitrogens is 2. The van der Waals surface area contributed by atoms with Crippen molar-refractivity contribution in [1.82, 2.24) is 15.0 Å². The first-order valence-corrected chi connectivity index (χ1v) is 5.79. The molecule has 0 bridgehead atoms. The van der Waals surface area contributed by atoms with E-state index in [2.05, 4.69) is 15.0 Å². The van der Waals surface area contributed by atoms with Crippen LogP contribution in [0.2, 0.25) is 0 Å². The summed E-state index contributed by atoms with van der Waals surface area (Å²) in [6.07, 6.45) is 2.27. The summed E-state index contributed by atoms with van der Waals surface area (Å²) < 4.78 is 5.04. The normalized spacial score (nSPS) is 21.5. The Kier molecular flexibility index (Phi) is 4.52. The first-order chi connectivity index (χ1) is 7.46. The number of halogens is 1. The van der Waals surface area contributed by atoms with Gasteiger partial charge in [-0.2, -0.15) is 4.98 Å². The number of likely N-dealkylation sites (tertiary alicyclic amines) is 1. The Morgan fingerprint density at radius 1 is 1.53 bits per heavy atom. The third-order valence-electron chi connectivity index (χ3n) is 2.82. The van der Waals surface area contributed by atoms with Crippen molar-refractivity contribution in [2.24, 2.45) is 5.73 Å². The summed E-state index contributed by atoms with van der Waals surface area (Å²) in [7, 11) is 0. The highest BCUT2D eigenvalue weighted by molar-refractivity contribution is 5.85. The molecule has 0 radical (unpaired) electrons. The van der Waals surface area contributed by atoms with Gasteiger partial charge in [0.1, 0.15) is 0 Å². The average Bonchev–Trinajstić information content (AvgIpc) is 2.71. The van der Waals surface area contributed by atoms with E-state index in [-0.39, 0.29) is 24.0 Å². The molecule has 0 aliphatic carbocycles. The van der Waals surface area contributed by atoms with Gasteiger partial charge in [-0.15, -0.1) is 12.4 Å². The molecule has 17 heavy (non-hydrogen) atoms. The fourth-order valence-electron chi connectivity index (χ4n) is 2.28. The van der Waals surface area contributed by atoms with Crippen molar-refractivity contribution in [3.8, 4) is 0 Å². The second-order valence-electron chi connectivity index (χ2n) is 5.29. The first-order valence-electron chi connectivity index (χ1n) is 5.79. The van der Waals surface area contributed by atoms with Gasteiger partial charge in [-0.1, -0.05) is 5.16 Å². The minimum Gasteiger partial charge on any atom is -0.340 e. The Morgan fingerprint density at radius 3 is 2.76 bits per heavy atom. The van der Waals surface area contributed by atoms with Gasteiger partial charge in [0.25, 0.3) is 0 Å². The second kappa shape index (κ2) is 5.33. The third kappa shape index (κ3) is 3.66. The van der Waals surface area contributed by atoms with Crippen molar-refractivity contribution in [3.05, 3.63) is 11.7 Å². The number of nitrogens with two attached hydrogens (primary N) is 1. The van der Waals surface area contributed by atoms with Crippen LogP contribution >= 0.6 is 12.4 Å². The Morgan fingerprint density at radius 2 is 2.24 bits per heavy atom. The monoisotopic (exact) mass is 260 g/mol. The topological polar surface area (TPSA) is 68.2 Å². The van der Waals surface area contributed by atoms with E-state index < -0.39 is 0 Å². The van der Waals surface area contributed by atoms with E-state index in [1.807, 2.05) is 20.8 Å². The SMILES string of the molecule is Cc1nc(C2CCCN2CC(C)(C)N)no1.Cl. The van der Waals surface area contributed by atoms with Crippen molar-refractivity contribution in [3.63, 3.8) is 0 Å². The Balaban J connectivity index is 0.00000144. The Labute approximate surface area is 108 Å². The van der Waals surface area contributed by atoms with Crippen LogP contribution in [0.15, 0.2) is 4.52 Å². The number of hydrogen-bond donors (Lipinski definition) is 1. The summed E-state index contributed by atoms with van der Waals surface area (Å²) in [5.74, 6) is 1.44. The zero-order valence-electron chi connectivity index (χ0n) is 10.6. The quantitative estimate of drug-likeness (QED) is 0.896. The van der Waals surface area contributed by atoms with Crippen molar-refractivity contribution in [1.29, 1.82) is 0 Å². The van der Waals surface area contributed by atoms with Crippen LogP contribution in [0.4, 0.5) is 0 Å². The summed E-state index contributed by atoms with van der Waals surface area (Å²) in [4.78, 5) is 6.66. The summed E-state index contributed by atoms with van der Waals surface area (Å²) >= 11 is 0. The van der Waals surface area contributed by atoms with Crippen LogP contribution in [-0.4, -0.2) is 33.7 Å². The van der Waals surface area contributed by atoms with E-state index in [1.165, 1.54) is 6.42 Å². The van der Waals surface area contributed by atoms with E-state index in [4.69, 9.17) is 10.3 Å². The van der Waals surface area contributed by atoms with Gasteiger partial charge in [0.15, 0.2) is 5.82 Å². The summed E-state index contributed by atoms with van der Waals surface area (Å²) in [6, 6.07) is 0.278. The number of hydrogen-bond acceptors (Lipinski definition) is 5. The smallest absolute Gasteiger partial charge is 0.223 e. The van der Waals surface area contributed by atoms with Crippen LogP contribution in [0, 0.1) is 6.92 Å². The van der Waals surface area contributed by atoms with Gasteiger partial charge in [-0.25, -0.2) is 0 Å². The van der Waals surface area contributed by atoms with Crippen LogP contribution in [-0.2, 0) is 0 Å². The number of nitrogens with zero attached hydrogens (tertiary/aromatic N) is 3. The molecule has 2 rings (SSSR count). The fourth-order valence-corrected chi connectivity index (χ4v) is 2.28. The average molecular weight is 261 g/mol. The van der Waals surface area contributed by atoms with E-state index >= 15 is 0 Å². The molecule has 0 saturated carbocycles. The zero-order valence-corrected chi connectivity index (χ0v) is 11.5. The van der Waals surface area contributed by atoms with Crippen molar-refractivity contribution in [2.45, 2.75) is 45.2 Å². The molecule has 1 fully saturated rings. The van der Waals surface area contributed by atoms with Gasteiger partial charge in [0.05, 0.1) is 6.04 Å². The maximum absolute atomic E-state index is 6.05. The molecule has 5 nitrogen and oxygen atoms in total. The number of rotatable bonds is 3. The van der Waals surface area contributed by atoms with Crippen molar-refractivity contribution >= 4 is 12.4 Å². The second-order valence-corrected chi connectivity index (χ2v) is 5.29. The van der Waals surface area contributed by atoms with E-state index in [0.29, 0.717) is 5.89 Å². The fraction of sp³-hybridized carbons (Fsp3) is 0.818. The molecular formula is C11H21ClN4O. The first kappa shape index (κ1) is 14.4. The highest BCUT2D eigenvalue weighted by atomic mass is 35.5. The van der Waals surface area contributed by atoms with Crippen LogP contribution < -0.4 is 5.73 Å². The van der Waals surface area contributed by atoms with Crippen LogP contribution in [0.25, 0.3) is 0 Å². The van der Waals surface area contributed by atoms with Crippen LogP contribution in [0.3, 0.4) is 0 Å². The third-order valence-corrected chi connectivity index (χ3v) is 2.82. The van der Waals surface area contributed by atoms with Gasteiger partial charge in [-0.05, 0) is 33.2 Å². The zero-order chi connectivity index (χ0) is 11.8. The lowest BCUT2D eigenvalue weighted by atomic mass is 10.1. The predicted octanol–water partition coefficient (Wildman–Crippen LogP) is 1.67. The Hall–Kier alpha value is -0.650. The largest absolute Gasteiger partial charge is 0.340 e. The van der Waals surface area contributed by atoms with Crippen LogP contribution in [0.5, 0.6) is 0 Å². The molecule has 1 aromatic rings. The van der Waals surface area contributed by atoms with Gasteiger partial charge >= 0.3 is 0 Å². The lowest BCUT2D eigenvalue weighted by Crippen LogP contribution is -2.45. The van der Waals surface area contributed by atoms with Gasteiger partial charge in [0, 0.05) is 19.0 Å². The maximum Gasteiger partial charge on any atom is 0.223 e. The summed E-state index contributed by atoms with van der Waals surface area (Å²) in [6.45, 7) is 7.85. The minimum atomic E-state index is -0.179. The molecule has 1 aromatic heterocycles. The highest BCUT2D eigenvalue weighted by Crippen LogP contribution is 2.30. The van der Waals surface area contributed by atoms with Gasteiger partial charge < -0.3 is 10.3 Å². The van der Waals surface area contributed by atoms with E-state index in [1.54, 1.807) is 0 Å².